The first-order chi connectivity index (χ1) is 20.0. The molecule has 0 saturated carbocycles. The molecule has 41 heavy (non-hydrogen) atoms. The van der Waals surface area contributed by atoms with E-state index in [0.717, 1.165) is 89.6 Å². The monoisotopic (exact) mass is 571 g/mol. The van der Waals surface area contributed by atoms with Gasteiger partial charge in [-0.05, 0) is 90.7 Å². The Labute approximate surface area is 249 Å². The Kier molecular flexibility index (Phi) is 8.92. The summed E-state index contributed by atoms with van der Waals surface area (Å²) in [6.07, 6.45) is 4.00. The van der Waals surface area contributed by atoms with Crippen molar-refractivity contribution >= 4 is 23.2 Å². The van der Waals surface area contributed by atoms with E-state index in [0.29, 0.717) is 0 Å². The third kappa shape index (κ3) is 6.62. The molecule has 0 radical (unpaired) electrons. The topological polar surface area (TPSA) is 64.8 Å². The van der Waals surface area contributed by atoms with Crippen LogP contribution in [0.4, 0.5) is 5.69 Å². The number of piperazine rings is 1. The lowest BCUT2D eigenvalue weighted by molar-refractivity contribution is -0.136. The Morgan fingerprint density at radius 2 is 1.68 bits per heavy atom. The second kappa shape index (κ2) is 13.0. The molecule has 6 nitrogen and oxygen atoms in total. The average molecular weight is 572 g/mol. The Hall–Kier alpha value is -2.90. The maximum absolute atomic E-state index is 13.4. The van der Waals surface area contributed by atoms with Gasteiger partial charge in [0.25, 0.3) is 0 Å². The molecular weight excluding hydrogens is 530 g/mol. The van der Waals surface area contributed by atoms with E-state index in [9.17, 15) is 4.79 Å². The van der Waals surface area contributed by atoms with Gasteiger partial charge in [0, 0.05) is 56.5 Å². The smallest absolute Gasteiger partial charge is 0.239 e. The Morgan fingerprint density at radius 3 is 2.46 bits per heavy atom. The van der Waals surface area contributed by atoms with Crippen LogP contribution in [0.3, 0.4) is 0 Å². The summed E-state index contributed by atoms with van der Waals surface area (Å²) in [5, 5.41) is 4.26. The van der Waals surface area contributed by atoms with Gasteiger partial charge in [-0.3, -0.25) is 9.69 Å². The van der Waals surface area contributed by atoms with Gasteiger partial charge in [-0.1, -0.05) is 60.1 Å². The van der Waals surface area contributed by atoms with Crippen molar-refractivity contribution in [3.63, 3.8) is 0 Å². The molecule has 0 spiro atoms. The standard InChI is InChI=1S/C34H42ClN5O/c35-29-9-10-30(25-5-2-1-3-6-25)27(23-29)14-18-38-16-12-26(13-17-38)33(36)34(41)40-21-19-39(20-22-40)24-28-7-4-8-32-31(28)11-15-37-32/h1-10,23,26,33,37H,11-22,24,36H2/t33-/m1/s1. The van der Waals surface area contributed by atoms with Crippen molar-refractivity contribution in [2.45, 2.75) is 38.3 Å². The van der Waals surface area contributed by atoms with Gasteiger partial charge in [0.05, 0.1) is 6.04 Å². The number of rotatable bonds is 8. The Morgan fingerprint density at radius 1 is 0.902 bits per heavy atom. The van der Waals surface area contributed by atoms with E-state index >= 15 is 0 Å². The van der Waals surface area contributed by atoms with Crippen molar-refractivity contribution in [1.82, 2.24) is 14.7 Å². The summed E-state index contributed by atoms with van der Waals surface area (Å²) in [7, 11) is 0. The van der Waals surface area contributed by atoms with E-state index in [-0.39, 0.29) is 11.8 Å². The SMILES string of the molecule is N[C@@H](C(=O)N1CCN(Cc2cccc3c2CCN3)CC1)C1CCN(CCc2cc(Cl)ccc2-c2ccccc2)CC1. The summed E-state index contributed by atoms with van der Waals surface area (Å²) >= 11 is 6.37. The van der Waals surface area contributed by atoms with Crippen molar-refractivity contribution in [3.05, 3.63) is 88.4 Å². The molecule has 3 aromatic carbocycles. The summed E-state index contributed by atoms with van der Waals surface area (Å²) in [6, 6.07) is 22.9. The fourth-order valence-corrected chi connectivity index (χ4v) is 7.02. The first-order valence-corrected chi connectivity index (χ1v) is 15.6. The van der Waals surface area contributed by atoms with Gasteiger partial charge in [-0.15, -0.1) is 0 Å². The van der Waals surface area contributed by atoms with Crippen molar-refractivity contribution < 1.29 is 4.79 Å². The number of fused-ring (bicyclic) bond motifs is 1. The molecule has 0 aromatic heterocycles. The molecule has 3 heterocycles. The minimum absolute atomic E-state index is 0.138. The van der Waals surface area contributed by atoms with Crippen LogP contribution in [0.1, 0.15) is 29.5 Å². The summed E-state index contributed by atoms with van der Waals surface area (Å²) in [5.41, 5.74) is 14.5. The Bertz CT molecular complexity index is 1330. The highest BCUT2D eigenvalue weighted by Gasteiger charge is 2.33. The van der Waals surface area contributed by atoms with Crippen LogP contribution >= 0.6 is 11.6 Å². The lowest BCUT2D eigenvalue weighted by Crippen LogP contribution is -2.55. The van der Waals surface area contributed by atoms with E-state index in [2.05, 4.69) is 69.7 Å². The van der Waals surface area contributed by atoms with E-state index in [1.165, 1.54) is 33.5 Å². The highest BCUT2D eigenvalue weighted by atomic mass is 35.5. The zero-order valence-corrected chi connectivity index (χ0v) is 24.7. The highest BCUT2D eigenvalue weighted by Crippen LogP contribution is 2.29. The minimum atomic E-state index is -0.398. The van der Waals surface area contributed by atoms with Crippen LogP contribution in [0.15, 0.2) is 66.7 Å². The molecule has 0 bridgehead atoms. The molecule has 216 valence electrons. The molecule has 3 aliphatic rings. The molecule has 0 aliphatic carbocycles. The maximum atomic E-state index is 13.4. The maximum Gasteiger partial charge on any atom is 0.239 e. The number of benzene rings is 3. The molecule has 0 unspecified atom stereocenters. The lowest BCUT2D eigenvalue weighted by atomic mass is 9.88. The number of carbonyl (C=O) groups is 1. The van der Waals surface area contributed by atoms with Crippen molar-refractivity contribution in [2.24, 2.45) is 11.7 Å². The van der Waals surface area contributed by atoms with Crippen LogP contribution in [0, 0.1) is 5.92 Å². The normalized spacial score (nSPS) is 19.1. The van der Waals surface area contributed by atoms with Crippen LogP contribution in [0.5, 0.6) is 0 Å². The number of piperidine rings is 1. The van der Waals surface area contributed by atoms with Gasteiger partial charge in [0.2, 0.25) is 5.91 Å². The predicted molar refractivity (Wildman–Crippen MR) is 168 cm³/mol. The fraction of sp³-hybridized carbons (Fsp3) is 0.441. The molecule has 3 aliphatic heterocycles. The van der Waals surface area contributed by atoms with Crippen LogP contribution in [0.25, 0.3) is 11.1 Å². The molecule has 7 heteroatoms. The zero-order chi connectivity index (χ0) is 28.2. The van der Waals surface area contributed by atoms with E-state index < -0.39 is 6.04 Å². The fourth-order valence-electron chi connectivity index (χ4n) is 6.83. The molecule has 6 rings (SSSR count). The number of halogens is 1. The highest BCUT2D eigenvalue weighted by molar-refractivity contribution is 6.30. The third-order valence-electron chi connectivity index (χ3n) is 9.32. The van der Waals surface area contributed by atoms with Gasteiger partial charge in [-0.25, -0.2) is 0 Å². The summed E-state index contributed by atoms with van der Waals surface area (Å²) in [5.74, 6) is 0.390. The van der Waals surface area contributed by atoms with Crippen LogP contribution < -0.4 is 11.1 Å². The van der Waals surface area contributed by atoms with Gasteiger partial charge in [0.15, 0.2) is 0 Å². The number of likely N-dealkylation sites (tertiary alicyclic amines) is 1. The third-order valence-corrected chi connectivity index (χ3v) is 9.55. The number of hydrogen-bond acceptors (Lipinski definition) is 5. The van der Waals surface area contributed by atoms with Gasteiger partial charge in [-0.2, -0.15) is 0 Å². The average Bonchev–Trinajstić information content (AvgIpc) is 3.51. The summed E-state index contributed by atoms with van der Waals surface area (Å²) in [4.78, 5) is 20.4. The van der Waals surface area contributed by atoms with Gasteiger partial charge in [0.1, 0.15) is 0 Å². The molecular formula is C34H42ClN5O. The minimum Gasteiger partial charge on any atom is -0.384 e. The number of nitrogens with two attached hydrogens (primary N) is 1. The first kappa shape index (κ1) is 28.2. The summed E-state index contributed by atoms with van der Waals surface area (Å²) in [6.45, 7) is 8.28. The number of nitrogens with one attached hydrogen (secondary N) is 1. The first-order valence-electron chi connectivity index (χ1n) is 15.2. The number of nitrogens with zero attached hydrogens (tertiary/aromatic N) is 3. The quantitative estimate of drug-likeness (QED) is 0.403. The molecule has 3 N–H and O–H groups in total. The van der Waals surface area contributed by atoms with Crippen molar-refractivity contribution in [2.75, 3.05) is 57.7 Å². The predicted octanol–water partition coefficient (Wildman–Crippen LogP) is 4.90. The van der Waals surface area contributed by atoms with Crippen LogP contribution in [-0.2, 0) is 24.2 Å². The second-order valence-electron chi connectivity index (χ2n) is 11.8. The van der Waals surface area contributed by atoms with E-state index in [4.69, 9.17) is 17.3 Å². The second-order valence-corrected chi connectivity index (χ2v) is 12.3. The molecule has 2 saturated heterocycles. The molecule has 3 aromatic rings. The lowest BCUT2D eigenvalue weighted by Gasteiger charge is -2.39. The Balaban J connectivity index is 0.962. The van der Waals surface area contributed by atoms with Crippen molar-refractivity contribution in [1.29, 1.82) is 0 Å². The van der Waals surface area contributed by atoms with E-state index in [1.54, 1.807) is 0 Å². The molecule has 1 atom stereocenters. The number of amides is 1. The summed E-state index contributed by atoms with van der Waals surface area (Å²) < 4.78 is 0. The van der Waals surface area contributed by atoms with Gasteiger partial charge >= 0.3 is 0 Å². The van der Waals surface area contributed by atoms with Crippen LogP contribution in [0.2, 0.25) is 5.02 Å². The van der Waals surface area contributed by atoms with Crippen molar-refractivity contribution in [3.8, 4) is 11.1 Å². The number of carbonyl (C=O) groups excluding carboxylic acids is 1. The van der Waals surface area contributed by atoms with Crippen LogP contribution in [-0.4, -0.2) is 79.0 Å². The largest absolute Gasteiger partial charge is 0.384 e. The molecule has 2 fully saturated rings. The van der Waals surface area contributed by atoms with E-state index in [1.807, 2.05) is 17.0 Å². The van der Waals surface area contributed by atoms with Gasteiger partial charge < -0.3 is 20.9 Å². The molecule has 1 amide bonds. The number of anilines is 1. The zero-order valence-electron chi connectivity index (χ0n) is 23.9. The number of hydrogen-bond donors (Lipinski definition) is 2.